The molecule has 1 unspecified atom stereocenters. The number of hydrogen-bond donors (Lipinski definition) is 2. The van der Waals surface area contributed by atoms with Gasteiger partial charge in [0.2, 0.25) is 5.91 Å². The number of rotatable bonds is 7. The Bertz CT molecular complexity index is 936. The maximum Gasteiger partial charge on any atom is 0.303 e. The van der Waals surface area contributed by atoms with Gasteiger partial charge in [0.05, 0.1) is 13.0 Å². The topological polar surface area (TPSA) is 98.4 Å². The number of pyridine rings is 1. The lowest BCUT2D eigenvalue weighted by Crippen LogP contribution is -2.46. The summed E-state index contributed by atoms with van der Waals surface area (Å²) in [5.41, 5.74) is -0.572. The zero-order chi connectivity index (χ0) is 21.4. The Morgan fingerprint density at radius 3 is 2.70 bits per heavy atom. The van der Waals surface area contributed by atoms with E-state index in [1.807, 2.05) is 28.8 Å². The van der Waals surface area contributed by atoms with Gasteiger partial charge in [-0.1, -0.05) is 18.9 Å². The Morgan fingerprint density at radius 1 is 1.20 bits per heavy atom. The largest absolute Gasteiger partial charge is 0.481 e. The third-order valence-corrected chi connectivity index (χ3v) is 6.74. The molecule has 2 aromatic heterocycles. The fourth-order valence-corrected chi connectivity index (χ4v) is 5.22. The van der Waals surface area contributed by atoms with Gasteiger partial charge in [-0.15, -0.1) is 0 Å². The highest BCUT2D eigenvalue weighted by Crippen LogP contribution is 2.44. The number of anilines is 1. The monoisotopic (exact) mass is 414 g/mol. The van der Waals surface area contributed by atoms with Gasteiger partial charge in [0, 0.05) is 39.0 Å². The molecule has 8 nitrogen and oxygen atoms in total. The first kappa shape index (κ1) is 20.7. The van der Waals surface area contributed by atoms with E-state index in [4.69, 9.17) is 0 Å². The minimum absolute atomic E-state index is 0.0412. The SMILES string of the molecule is CN(CC1(O)CCN(c2cccc3nccn23)C1)C(=O)CC1(CC(=O)O)CCCC1. The Labute approximate surface area is 176 Å². The van der Waals surface area contributed by atoms with Gasteiger partial charge in [-0.3, -0.25) is 14.0 Å². The van der Waals surface area contributed by atoms with Crippen LogP contribution in [0.2, 0.25) is 0 Å². The maximum absolute atomic E-state index is 12.9. The zero-order valence-corrected chi connectivity index (χ0v) is 17.5. The van der Waals surface area contributed by atoms with E-state index in [-0.39, 0.29) is 25.3 Å². The minimum Gasteiger partial charge on any atom is -0.481 e. The Morgan fingerprint density at radius 2 is 1.97 bits per heavy atom. The molecular weight excluding hydrogens is 384 g/mol. The van der Waals surface area contributed by atoms with Gasteiger partial charge in [-0.2, -0.15) is 0 Å². The molecule has 2 fully saturated rings. The first-order chi connectivity index (χ1) is 14.3. The molecule has 8 heteroatoms. The number of β-amino-alcohol motifs (C(OH)–C–C–N with tert-alkyl or cyclic N) is 1. The second kappa shape index (κ2) is 7.91. The molecule has 0 spiro atoms. The molecule has 1 aliphatic heterocycles. The lowest BCUT2D eigenvalue weighted by atomic mass is 9.79. The number of carbonyl (C=O) groups excluding carboxylic acids is 1. The van der Waals surface area contributed by atoms with Crippen molar-refractivity contribution < 1.29 is 19.8 Å². The summed E-state index contributed by atoms with van der Waals surface area (Å²) in [5, 5.41) is 20.5. The van der Waals surface area contributed by atoms with Gasteiger partial charge in [-0.25, -0.2) is 4.98 Å². The number of nitrogens with zero attached hydrogens (tertiary/aromatic N) is 4. The molecule has 0 aromatic carbocycles. The van der Waals surface area contributed by atoms with Crippen molar-refractivity contribution in [2.24, 2.45) is 5.41 Å². The average molecular weight is 415 g/mol. The van der Waals surface area contributed by atoms with Gasteiger partial charge in [0.15, 0.2) is 0 Å². The van der Waals surface area contributed by atoms with Crippen LogP contribution >= 0.6 is 0 Å². The third kappa shape index (κ3) is 4.14. The second-order valence-corrected chi connectivity index (χ2v) is 9.14. The number of carboxylic acid groups (broad SMARTS) is 1. The van der Waals surface area contributed by atoms with Gasteiger partial charge < -0.3 is 20.0 Å². The number of hydrogen-bond acceptors (Lipinski definition) is 5. The van der Waals surface area contributed by atoms with Crippen molar-refractivity contribution in [3.63, 3.8) is 0 Å². The number of carboxylic acids is 1. The fourth-order valence-electron chi connectivity index (χ4n) is 5.22. The molecule has 162 valence electrons. The number of fused-ring (bicyclic) bond motifs is 1. The van der Waals surface area contributed by atoms with E-state index >= 15 is 0 Å². The lowest BCUT2D eigenvalue weighted by molar-refractivity contribution is -0.142. The summed E-state index contributed by atoms with van der Waals surface area (Å²) in [7, 11) is 1.71. The molecular formula is C22H30N4O4. The van der Waals surface area contributed by atoms with Crippen LogP contribution in [0.25, 0.3) is 5.65 Å². The van der Waals surface area contributed by atoms with Gasteiger partial charge in [0.25, 0.3) is 0 Å². The number of amides is 1. The van der Waals surface area contributed by atoms with Crippen LogP contribution in [0.3, 0.4) is 0 Å². The van der Waals surface area contributed by atoms with Crippen LogP contribution in [-0.2, 0) is 9.59 Å². The predicted octanol–water partition coefficient (Wildman–Crippen LogP) is 2.16. The molecule has 1 amide bonds. The number of imidazole rings is 1. The van der Waals surface area contributed by atoms with Crippen molar-refractivity contribution in [3.8, 4) is 0 Å². The first-order valence-corrected chi connectivity index (χ1v) is 10.6. The van der Waals surface area contributed by atoms with Crippen LogP contribution in [0, 0.1) is 5.41 Å². The summed E-state index contributed by atoms with van der Waals surface area (Å²) in [6.45, 7) is 1.37. The molecule has 2 aliphatic rings. The van der Waals surface area contributed by atoms with E-state index < -0.39 is 17.0 Å². The quantitative estimate of drug-likeness (QED) is 0.720. The molecule has 1 atom stereocenters. The van der Waals surface area contributed by atoms with Crippen molar-refractivity contribution in [3.05, 3.63) is 30.6 Å². The van der Waals surface area contributed by atoms with Gasteiger partial charge >= 0.3 is 5.97 Å². The summed E-state index contributed by atoms with van der Waals surface area (Å²) in [6, 6.07) is 5.90. The molecule has 4 rings (SSSR count). The molecule has 0 radical (unpaired) electrons. The van der Waals surface area contributed by atoms with Crippen molar-refractivity contribution >= 4 is 23.3 Å². The molecule has 2 aromatic rings. The molecule has 1 aliphatic carbocycles. The van der Waals surface area contributed by atoms with Crippen molar-refractivity contribution in [1.82, 2.24) is 14.3 Å². The number of aliphatic carboxylic acids is 1. The molecule has 2 N–H and O–H groups in total. The number of aromatic nitrogens is 2. The summed E-state index contributed by atoms with van der Waals surface area (Å²) >= 11 is 0. The summed E-state index contributed by atoms with van der Waals surface area (Å²) in [5.74, 6) is 0.0501. The third-order valence-electron chi connectivity index (χ3n) is 6.74. The number of aliphatic hydroxyl groups is 1. The van der Waals surface area contributed by atoms with Gasteiger partial charge in [-0.05, 0) is 36.8 Å². The highest BCUT2D eigenvalue weighted by atomic mass is 16.4. The smallest absolute Gasteiger partial charge is 0.303 e. The Kier molecular flexibility index (Phi) is 5.44. The van der Waals surface area contributed by atoms with Crippen molar-refractivity contribution in [1.29, 1.82) is 0 Å². The van der Waals surface area contributed by atoms with Crippen LogP contribution in [0.1, 0.15) is 44.9 Å². The average Bonchev–Trinajstić information content (AvgIpc) is 3.41. The van der Waals surface area contributed by atoms with E-state index in [1.165, 1.54) is 0 Å². The fraction of sp³-hybridized carbons (Fsp3) is 0.591. The zero-order valence-electron chi connectivity index (χ0n) is 17.5. The van der Waals surface area contributed by atoms with Crippen LogP contribution in [0.15, 0.2) is 30.6 Å². The van der Waals surface area contributed by atoms with E-state index in [0.717, 1.165) is 37.1 Å². The highest BCUT2D eigenvalue weighted by Gasteiger charge is 2.41. The number of carbonyl (C=O) groups is 2. The Balaban J connectivity index is 1.40. The van der Waals surface area contributed by atoms with E-state index in [9.17, 15) is 19.8 Å². The number of likely N-dealkylation sites (N-methyl/N-ethyl adjacent to an activating group) is 1. The molecule has 0 bridgehead atoms. The van der Waals surface area contributed by atoms with Crippen molar-refractivity contribution in [2.45, 2.75) is 50.5 Å². The van der Waals surface area contributed by atoms with Crippen LogP contribution in [0.4, 0.5) is 5.82 Å². The van der Waals surface area contributed by atoms with E-state index in [2.05, 4.69) is 9.88 Å². The molecule has 30 heavy (non-hydrogen) atoms. The standard InChI is InChI=1S/C22H30N4O4/c1-24(19(27)13-21(14-20(28)29)7-2-3-8-21)15-22(30)9-11-25(16-22)18-6-4-5-17-23-10-12-26(17)18/h4-6,10,12,30H,2-3,7-9,11,13-16H2,1H3,(H,28,29). The Hall–Kier alpha value is -2.61. The first-order valence-electron chi connectivity index (χ1n) is 10.6. The predicted molar refractivity (Wildman–Crippen MR) is 112 cm³/mol. The highest BCUT2D eigenvalue weighted by molar-refractivity contribution is 5.78. The molecule has 1 saturated carbocycles. The van der Waals surface area contributed by atoms with E-state index in [0.29, 0.717) is 19.5 Å². The molecule has 1 saturated heterocycles. The van der Waals surface area contributed by atoms with Crippen LogP contribution < -0.4 is 4.90 Å². The lowest BCUT2D eigenvalue weighted by Gasteiger charge is -2.33. The molecule has 3 heterocycles. The van der Waals surface area contributed by atoms with Crippen LogP contribution in [0.5, 0.6) is 0 Å². The normalized spacial score (nSPS) is 23.2. The maximum atomic E-state index is 12.9. The second-order valence-electron chi connectivity index (χ2n) is 9.14. The summed E-state index contributed by atoms with van der Waals surface area (Å²) < 4.78 is 2.00. The van der Waals surface area contributed by atoms with Gasteiger partial charge in [0.1, 0.15) is 17.1 Å². The summed E-state index contributed by atoms with van der Waals surface area (Å²) in [4.78, 5) is 32.2. The minimum atomic E-state index is -0.997. The summed E-state index contributed by atoms with van der Waals surface area (Å²) in [6.07, 6.45) is 8.02. The van der Waals surface area contributed by atoms with E-state index in [1.54, 1.807) is 18.1 Å². The van der Waals surface area contributed by atoms with Crippen molar-refractivity contribution in [2.75, 3.05) is 31.6 Å². The van der Waals surface area contributed by atoms with Crippen LogP contribution in [-0.4, -0.2) is 68.7 Å².